The van der Waals surface area contributed by atoms with Crippen molar-refractivity contribution in [2.75, 3.05) is 0 Å². The van der Waals surface area contributed by atoms with Gasteiger partial charge in [-0.3, -0.25) is 0 Å². The van der Waals surface area contributed by atoms with E-state index in [1.807, 2.05) is 48.5 Å². The van der Waals surface area contributed by atoms with E-state index in [9.17, 15) is 9.90 Å². The standard InChI is InChI=1S/C21H18ClO2P/c1-2-17-13-15-20(16-14-17)25(22,21(23)24,18-9-5-3-6-10-18)19-11-7-4-8-12-19/h2-16H,1H2,(H,23,24). The number of benzene rings is 3. The first-order valence-corrected chi connectivity index (χ1v) is 11.0. The molecule has 0 aliphatic carbocycles. The van der Waals surface area contributed by atoms with Gasteiger partial charge < -0.3 is 0 Å². The number of carbonyl (C=O) groups is 1. The zero-order valence-corrected chi connectivity index (χ0v) is 15.2. The van der Waals surface area contributed by atoms with Crippen molar-refractivity contribution in [3.8, 4) is 0 Å². The fraction of sp³-hybridized carbons (Fsp3) is 0. The zero-order chi connectivity index (χ0) is 17.9. The summed E-state index contributed by atoms with van der Waals surface area (Å²) >= 11 is 7.31. The normalized spacial score (nSPS) is 12.8. The molecule has 0 atom stereocenters. The van der Waals surface area contributed by atoms with E-state index >= 15 is 0 Å². The summed E-state index contributed by atoms with van der Waals surface area (Å²) in [6.07, 6.45) is 1.72. The molecule has 0 aliphatic heterocycles. The summed E-state index contributed by atoms with van der Waals surface area (Å²) in [4.78, 5) is 12.8. The molecule has 25 heavy (non-hydrogen) atoms. The molecule has 0 spiro atoms. The van der Waals surface area contributed by atoms with Crippen molar-refractivity contribution in [3.05, 3.63) is 97.1 Å². The molecule has 1 N–H and O–H groups in total. The Hall–Kier alpha value is -2.41. The molecule has 0 aromatic heterocycles. The molecular weight excluding hydrogens is 351 g/mol. The third kappa shape index (κ3) is 2.50. The topological polar surface area (TPSA) is 37.3 Å². The fourth-order valence-electron chi connectivity index (χ4n) is 3.08. The Morgan fingerprint density at radius 1 is 0.800 bits per heavy atom. The van der Waals surface area contributed by atoms with Gasteiger partial charge in [-0.05, 0) is 0 Å². The summed E-state index contributed by atoms with van der Waals surface area (Å²) in [5.74, 6) is -4.19. The predicted molar refractivity (Wildman–Crippen MR) is 109 cm³/mol. The first-order chi connectivity index (χ1) is 12.0. The minimum absolute atomic E-state index is 0.600. The van der Waals surface area contributed by atoms with E-state index in [1.54, 1.807) is 42.5 Å². The van der Waals surface area contributed by atoms with Gasteiger partial charge in [0.2, 0.25) is 0 Å². The van der Waals surface area contributed by atoms with Gasteiger partial charge in [-0.2, -0.15) is 0 Å². The van der Waals surface area contributed by atoms with E-state index in [-0.39, 0.29) is 0 Å². The summed E-state index contributed by atoms with van der Waals surface area (Å²) < 4.78 is 0. The molecule has 3 aromatic carbocycles. The first kappa shape index (κ1) is 17.4. The summed E-state index contributed by atoms with van der Waals surface area (Å²) in [6.45, 7) is 3.75. The van der Waals surface area contributed by atoms with Crippen LogP contribution >= 0.6 is 17.2 Å². The van der Waals surface area contributed by atoms with Crippen molar-refractivity contribution in [1.82, 2.24) is 0 Å². The van der Waals surface area contributed by atoms with E-state index in [0.717, 1.165) is 5.56 Å². The fourth-order valence-corrected chi connectivity index (χ4v) is 7.83. The SMILES string of the molecule is C=Cc1ccc(P(Cl)(C(=O)O)(c2ccccc2)c2ccccc2)cc1. The van der Waals surface area contributed by atoms with Gasteiger partial charge in [0, 0.05) is 0 Å². The Morgan fingerprint density at radius 2 is 1.20 bits per heavy atom. The molecule has 0 unspecified atom stereocenters. The molecule has 0 saturated carbocycles. The quantitative estimate of drug-likeness (QED) is 0.644. The van der Waals surface area contributed by atoms with E-state index in [1.165, 1.54) is 0 Å². The Balaban J connectivity index is 2.46. The van der Waals surface area contributed by atoms with Gasteiger partial charge >= 0.3 is 152 Å². The molecule has 2 nitrogen and oxygen atoms in total. The van der Waals surface area contributed by atoms with Crippen LogP contribution in [0.25, 0.3) is 6.08 Å². The maximum atomic E-state index is 12.8. The van der Waals surface area contributed by atoms with Crippen molar-refractivity contribution < 1.29 is 9.90 Å². The molecule has 0 heterocycles. The average molecular weight is 369 g/mol. The Labute approximate surface area is 152 Å². The van der Waals surface area contributed by atoms with Crippen LogP contribution in [0.5, 0.6) is 0 Å². The van der Waals surface area contributed by atoms with Gasteiger partial charge in [0.25, 0.3) is 0 Å². The van der Waals surface area contributed by atoms with Gasteiger partial charge in [-0.1, -0.05) is 0 Å². The van der Waals surface area contributed by atoms with Gasteiger partial charge in [-0.25, -0.2) is 0 Å². The van der Waals surface area contributed by atoms with Crippen molar-refractivity contribution in [3.63, 3.8) is 0 Å². The Bertz CT molecular complexity index is 866. The number of hydrogen-bond donors (Lipinski definition) is 1. The molecule has 0 saturated heterocycles. The number of carboxylic acid groups (broad SMARTS) is 1. The summed E-state index contributed by atoms with van der Waals surface area (Å²) in [6, 6.07) is 25.5. The molecule has 126 valence electrons. The molecular formula is C21H18ClO2P. The Morgan fingerprint density at radius 3 is 1.56 bits per heavy atom. The van der Waals surface area contributed by atoms with Crippen LogP contribution in [0, 0.1) is 0 Å². The molecule has 0 bridgehead atoms. The van der Waals surface area contributed by atoms with Crippen LogP contribution in [0.15, 0.2) is 91.5 Å². The van der Waals surface area contributed by atoms with E-state index in [0.29, 0.717) is 15.9 Å². The van der Waals surface area contributed by atoms with Crippen LogP contribution in [-0.2, 0) is 0 Å². The van der Waals surface area contributed by atoms with Crippen LogP contribution in [0.1, 0.15) is 5.56 Å². The number of hydrogen-bond acceptors (Lipinski definition) is 1. The van der Waals surface area contributed by atoms with Crippen molar-refractivity contribution in [2.45, 2.75) is 0 Å². The van der Waals surface area contributed by atoms with E-state index in [2.05, 4.69) is 6.58 Å². The van der Waals surface area contributed by atoms with Crippen LogP contribution in [0.2, 0.25) is 0 Å². The molecule has 3 rings (SSSR count). The van der Waals surface area contributed by atoms with Gasteiger partial charge in [-0.15, -0.1) is 0 Å². The molecule has 0 radical (unpaired) electrons. The van der Waals surface area contributed by atoms with Crippen LogP contribution in [0.4, 0.5) is 4.79 Å². The molecule has 0 fully saturated rings. The summed E-state index contributed by atoms with van der Waals surface area (Å²) in [5, 5.41) is 12.3. The van der Waals surface area contributed by atoms with Gasteiger partial charge in [0.1, 0.15) is 0 Å². The Kier molecular flexibility index (Phi) is 4.51. The molecule has 0 amide bonds. The number of rotatable bonds is 5. The maximum absolute atomic E-state index is 12.8. The predicted octanol–water partition coefficient (Wildman–Crippen LogP) is 4.99. The second-order valence-electron chi connectivity index (χ2n) is 5.76. The third-order valence-corrected chi connectivity index (χ3v) is 11.2. The van der Waals surface area contributed by atoms with Gasteiger partial charge in [0.05, 0.1) is 0 Å². The monoisotopic (exact) mass is 368 g/mol. The molecule has 0 aliphatic rings. The minimum atomic E-state index is -4.19. The second kappa shape index (κ2) is 6.48. The average Bonchev–Trinajstić information content (AvgIpc) is 2.68. The van der Waals surface area contributed by atoms with Gasteiger partial charge in [0.15, 0.2) is 0 Å². The van der Waals surface area contributed by atoms with Crippen LogP contribution in [0.3, 0.4) is 0 Å². The van der Waals surface area contributed by atoms with Crippen molar-refractivity contribution >= 4 is 44.9 Å². The van der Waals surface area contributed by atoms with E-state index in [4.69, 9.17) is 11.2 Å². The van der Waals surface area contributed by atoms with Crippen molar-refractivity contribution in [1.29, 1.82) is 0 Å². The summed E-state index contributed by atoms with van der Waals surface area (Å²) in [7, 11) is 0. The molecule has 3 aromatic rings. The molecule has 4 heteroatoms. The zero-order valence-electron chi connectivity index (χ0n) is 13.5. The summed E-state index contributed by atoms with van der Waals surface area (Å²) in [5.41, 5.74) is -0.103. The first-order valence-electron chi connectivity index (χ1n) is 7.83. The van der Waals surface area contributed by atoms with E-state index < -0.39 is 11.7 Å². The second-order valence-corrected chi connectivity index (χ2v) is 11.7. The number of halogens is 1. The van der Waals surface area contributed by atoms with Crippen molar-refractivity contribution in [2.24, 2.45) is 0 Å². The van der Waals surface area contributed by atoms with Crippen LogP contribution in [-0.4, -0.2) is 10.8 Å². The third-order valence-electron chi connectivity index (χ3n) is 4.46. The van der Waals surface area contributed by atoms with Crippen LogP contribution < -0.4 is 15.9 Å².